The lowest BCUT2D eigenvalue weighted by Gasteiger charge is -2.02. The van der Waals surface area contributed by atoms with Crippen LogP contribution in [-0.4, -0.2) is 15.3 Å². The maximum absolute atomic E-state index is 12.3. The van der Waals surface area contributed by atoms with Gasteiger partial charge in [0.15, 0.2) is 0 Å². The van der Waals surface area contributed by atoms with Gasteiger partial charge in [0.1, 0.15) is 10.3 Å². The summed E-state index contributed by atoms with van der Waals surface area (Å²) >= 11 is 1.40. The Morgan fingerprint density at radius 3 is 2.94 bits per heavy atom. The monoisotopic (exact) mass is 259 g/mol. The minimum atomic E-state index is -0.564. The van der Waals surface area contributed by atoms with Crippen molar-refractivity contribution < 1.29 is 4.79 Å². The number of primary amides is 1. The van der Waals surface area contributed by atoms with E-state index in [4.69, 9.17) is 5.73 Å². The third-order valence-corrected chi connectivity index (χ3v) is 3.72. The van der Waals surface area contributed by atoms with Crippen LogP contribution in [0, 0.1) is 6.92 Å². The topological polar surface area (TPSA) is 77.5 Å². The zero-order chi connectivity index (χ0) is 12.9. The number of nitrogens with two attached hydrogens (primary N) is 1. The van der Waals surface area contributed by atoms with Gasteiger partial charge in [0.2, 0.25) is 5.91 Å². The van der Waals surface area contributed by atoms with Crippen LogP contribution in [0.25, 0.3) is 15.9 Å². The molecule has 0 unspecified atom stereocenters. The summed E-state index contributed by atoms with van der Waals surface area (Å²) in [5.41, 5.74) is 6.52. The molecule has 0 spiro atoms. The van der Waals surface area contributed by atoms with Gasteiger partial charge in [-0.2, -0.15) is 0 Å². The number of thiophene rings is 1. The lowest BCUT2D eigenvalue weighted by Crippen LogP contribution is -2.18. The van der Waals surface area contributed by atoms with Gasteiger partial charge < -0.3 is 5.73 Å². The van der Waals surface area contributed by atoms with Crippen molar-refractivity contribution in [3.8, 4) is 0 Å². The summed E-state index contributed by atoms with van der Waals surface area (Å²) in [7, 11) is 0. The molecule has 6 heteroatoms. The van der Waals surface area contributed by atoms with Crippen LogP contribution in [0.2, 0.25) is 0 Å². The molecule has 0 bridgehead atoms. The van der Waals surface area contributed by atoms with Crippen LogP contribution in [0.5, 0.6) is 0 Å². The Hall–Kier alpha value is -2.21. The minimum absolute atomic E-state index is 0.170. The molecule has 5 nitrogen and oxygen atoms in total. The van der Waals surface area contributed by atoms with Crippen LogP contribution in [0.1, 0.15) is 15.2 Å². The number of nitrogens with zero attached hydrogens (tertiary/aromatic N) is 2. The van der Waals surface area contributed by atoms with Gasteiger partial charge in [-0.3, -0.25) is 14.0 Å². The molecule has 0 radical (unpaired) electrons. The molecule has 0 aliphatic carbocycles. The van der Waals surface area contributed by atoms with Crippen LogP contribution in [0.15, 0.2) is 29.2 Å². The molecule has 1 amide bonds. The van der Waals surface area contributed by atoms with Crippen molar-refractivity contribution in [2.45, 2.75) is 6.92 Å². The third kappa shape index (κ3) is 1.50. The molecule has 0 aliphatic rings. The van der Waals surface area contributed by atoms with Crippen molar-refractivity contribution in [1.29, 1.82) is 0 Å². The van der Waals surface area contributed by atoms with E-state index in [1.807, 2.05) is 13.0 Å². The lowest BCUT2D eigenvalue weighted by molar-refractivity contribution is 0.1000. The predicted octanol–water partition coefficient (Wildman–Crippen LogP) is 1.32. The molecular weight excluding hydrogens is 250 g/mol. The third-order valence-electron chi connectivity index (χ3n) is 2.70. The van der Waals surface area contributed by atoms with Gasteiger partial charge >= 0.3 is 0 Å². The normalized spacial score (nSPS) is 11.2. The van der Waals surface area contributed by atoms with Crippen molar-refractivity contribution >= 4 is 33.1 Å². The highest BCUT2D eigenvalue weighted by Crippen LogP contribution is 2.20. The van der Waals surface area contributed by atoms with E-state index in [-0.39, 0.29) is 5.56 Å². The first kappa shape index (κ1) is 10.9. The number of hydrogen-bond donors (Lipinski definition) is 1. The number of fused-ring (bicyclic) bond motifs is 2. The summed E-state index contributed by atoms with van der Waals surface area (Å²) in [4.78, 5) is 28.8. The van der Waals surface area contributed by atoms with Crippen molar-refractivity contribution in [3.63, 3.8) is 0 Å². The Morgan fingerprint density at radius 2 is 2.22 bits per heavy atom. The Balaban J connectivity index is 2.48. The van der Waals surface area contributed by atoms with Gasteiger partial charge in [-0.15, -0.1) is 11.3 Å². The Labute approximate surface area is 105 Å². The number of amides is 1. The Kier molecular flexibility index (Phi) is 2.21. The van der Waals surface area contributed by atoms with E-state index in [9.17, 15) is 9.59 Å². The largest absolute Gasteiger partial charge is 0.366 e. The molecule has 90 valence electrons. The summed E-state index contributed by atoms with van der Waals surface area (Å²) in [5, 5.41) is 0. The first-order valence-electron chi connectivity index (χ1n) is 5.28. The number of hydrogen-bond acceptors (Lipinski definition) is 4. The summed E-state index contributed by atoms with van der Waals surface area (Å²) in [5.74, 6) is -0.564. The number of aromatic nitrogens is 2. The number of carbonyl (C=O) groups excluding carboxylic acids is 1. The van der Waals surface area contributed by atoms with Crippen molar-refractivity contribution in [2.24, 2.45) is 5.73 Å². The fourth-order valence-corrected chi connectivity index (χ4v) is 2.75. The molecule has 2 N–H and O–H groups in total. The van der Waals surface area contributed by atoms with E-state index in [1.54, 1.807) is 12.1 Å². The lowest BCUT2D eigenvalue weighted by atomic mass is 10.2. The second kappa shape index (κ2) is 3.64. The predicted molar refractivity (Wildman–Crippen MR) is 70.1 cm³/mol. The van der Waals surface area contributed by atoms with Crippen LogP contribution < -0.4 is 11.3 Å². The van der Waals surface area contributed by atoms with Crippen LogP contribution in [0.4, 0.5) is 0 Å². The van der Waals surface area contributed by atoms with Crippen LogP contribution in [0.3, 0.4) is 0 Å². The number of rotatable bonds is 1. The first-order chi connectivity index (χ1) is 8.56. The molecule has 0 saturated carbocycles. The van der Waals surface area contributed by atoms with Crippen LogP contribution in [-0.2, 0) is 0 Å². The fraction of sp³-hybridized carbons (Fsp3) is 0.0833. The van der Waals surface area contributed by atoms with E-state index in [2.05, 4.69) is 4.98 Å². The molecule has 3 heterocycles. The smallest absolute Gasteiger partial charge is 0.275 e. The zero-order valence-corrected chi connectivity index (χ0v) is 10.3. The molecule has 3 rings (SSSR count). The van der Waals surface area contributed by atoms with E-state index < -0.39 is 5.91 Å². The first-order valence-corrected chi connectivity index (χ1v) is 6.10. The summed E-state index contributed by atoms with van der Waals surface area (Å²) in [6, 6.07) is 5.06. The standard InChI is InChI=1S/C12H9N3O2S/c1-6-4-8-10(18-6)12(17)15-5-7(11(13)16)2-3-9(15)14-8/h2-5H,1H3,(H2,13,16). The number of carbonyl (C=O) groups is 1. The second-order valence-corrected chi connectivity index (χ2v) is 5.25. The molecule has 0 atom stereocenters. The second-order valence-electron chi connectivity index (χ2n) is 4.00. The van der Waals surface area contributed by atoms with Crippen molar-refractivity contribution in [1.82, 2.24) is 9.38 Å². The van der Waals surface area contributed by atoms with Gasteiger partial charge in [0.25, 0.3) is 5.56 Å². The fourth-order valence-electron chi connectivity index (χ4n) is 1.86. The molecule has 0 aliphatic heterocycles. The summed E-state index contributed by atoms with van der Waals surface area (Å²) < 4.78 is 1.95. The van der Waals surface area contributed by atoms with Gasteiger partial charge in [-0.1, -0.05) is 0 Å². The van der Waals surface area contributed by atoms with E-state index in [1.165, 1.54) is 21.9 Å². The van der Waals surface area contributed by atoms with E-state index in [0.29, 0.717) is 21.4 Å². The number of pyridine rings is 1. The minimum Gasteiger partial charge on any atom is -0.366 e. The average Bonchev–Trinajstić information content (AvgIpc) is 2.70. The quantitative estimate of drug-likeness (QED) is 0.716. The molecule has 18 heavy (non-hydrogen) atoms. The summed E-state index contributed by atoms with van der Waals surface area (Å²) in [6.07, 6.45) is 1.43. The molecule has 3 aromatic heterocycles. The average molecular weight is 259 g/mol. The molecule has 3 aromatic rings. The Morgan fingerprint density at radius 1 is 1.44 bits per heavy atom. The molecule has 0 fully saturated rings. The van der Waals surface area contributed by atoms with Crippen molar-refractivity contribution in [2.75, 3.05) is 0 Å². The maximum Gasteiger partial charge on any atom is 0.275 e. The van der Waals surface area contributed by atoms with Gasteiger partial charge in [-0.05, 0) is 25.1 Å². The number of aryl methyl sites for hydroxylation is 1. The molecule has 0 saturated heterocycles. The Bertz CT molecular complexity index is 848. The van der Waals surface area contributed by atoms with E-state index in [0.717, 1.165) is 4.88 Å². The van der Waals surface area contributed by atoms with Crippen molar-refractivity contribution in [3.05, 3.63) is 45.2 Å². The summed E-state index contributed by atoms with van der Waals surface area (Å²) in [6.45, 7) is 1.93. The highest BCUT2D eigenvalue weighted by Gasteiger charge is 2.10. The van der Waals surface area contributed by atoms with Gasteiger partial charge in [0, 0.05) is 11.1 Å². The van der Waals surface area contributed by atoms with Gasteiger partial charge in [0.05, 0.1) is 11.1 Å². The SMILES string of the molecule is Cc1cc2nc3ccc(C(N)=O)cn3c(=O)c2s1. The van der Waals surface area contributed by atoms with E-state index >= 15 is 0 Å². The van der Waals surface area contributed by atoms with Gasteiger partial charge in [-0.25, -0.2) is 4.98 Å². The molecular formula is C12H9N3O2S. The van der Waals surface area contributed by atoms with Crippen LogP contribution >= 0.6 is 11.3 Å². The highest BCUT2D eigenvalue weighted by atomic mass is 32.1. The maximum atomic E-state index is 12.3. The highest BCUT2D eigenvalue weighted by molar-refractivity contribution is 7.18. The zero-order valence-electron chi connectivity index (χ0n) is 9.51. The molecule has 0 aromatic carbocycles.